The van der Waals surface area contributed by atoms with Crippen LogP contribution in [0.4, 0.5) is 8.78 Å². The minimum atomic E-state index is -2.89. The Morgan fingerprint density at radius 2 is 1.44 bits per heavy atom. The Kier molecular flexibility index (Phi) is 4.39. The monoisotopic (exact) mass is 178 g/mol. The lowest BCUT2D eigenvalue weighted by Gasteiger charge is -2.12. The molecule has 0 amide bonds. The second kappa shape index (κ2) is 4.22. The third-order valence-electron chi connectivity index (χ3n) is 0.651. The second-order valence-electron chi connectivity index (χ2n) is 1.48. The molecule has 0 saturated heterocycles. The van der Waals surface area contributed by atoms with Crippen molar-refractivity contribution in [3.63, 3.8) is 0 Å². The highest BCUT2D eigenvalue weighted by atomic mass is 35.5. The molecule has 0 aromatic heterocycles. The van der Waals surface area contributed by atoms with Crippen LogP contribution in [-0.4, -0.2) is 19.0 Å². The molecule has 0 heterocycles. The summed E-state index contributed by atoms with van der Waals surface area (Å²) in [6, 6.07) is 0. The fourth-order valence-electron chi connectivity index (χ4n) is 0.258. The van der Waals surface area contributed by atoms with Crippen LogP contribution in [0.2, 0.25) is 0 Å². The van der Waals surface area contributed by atoms with Crippen molar-refractivity contribution in [2.45, 2.75) is 5.92 Å². The number of nitrogens with one attached hydrogen (secondary N) is 2. The highest BCUT2D eigenvalue weighted by Crippen LogP contribution is 2.10. The van der Waals surface area contributed by atoms with Gasteiger partial charge >= 0.3 is 0 Å². The second-order valence-corrected chi connectivity index (χ2v) is 2.01. The topological polar surface area (TPSA) is 24.1 Å². The Bertz CT molecular complexity index is 72.2. The molecular formula is C3H6Cl2F2N2. The van der Waals surface area contributed by atoms with Gasteiger partial charge < -0.3 is 0 Å². The van der Waals surface area contributed by atoms with Crippen LogP contribution >= 0.6 is 23.6 Å². The van der Waals surface area contributed by atoms with Gasteiger partial charge in [-0.15, -0.1) is 0 Å². The summed E-state index contributed by atoms with van der Waals surface area (Å²) >= 11 is 9.64. The summed E-state index contributed by atoms with van der Waals surface area (Å²) < 4.78 is 24.3. The van der Waals surface area contributed by atoms with Gasteiger partial charge in [-0.25, -0.2) is 18.5 Å². The van der Waals surface area contributed by atoms with Crippen molar-refractivity contribution >= 4 is 23.6 Å². The van der Waals surface area contributed by atoms with E-state index in [1.165, 1.54) is 0 Å². The van der Waals surface area contributed by atoms with Crippen LogP contribution in [-0.2, 0) is 0 Å². The number of hydrogen-bond donors (Lipinski definition) is 2. The van der Waals surface area contributed by atoms with Gasteiger partial charge in [0.15, 0.2) is 0 Å². The summed E-state index contributed by atoms with van der Waals surface area (Å²) in [6.07, 6.45) is 0. The molecule has 0 unspecified atom stereocenters. The van der Waals surface area contributed by atoms with Crippen LogP contribution in [0.1, 0.15) is 0 Å². The quantitative estimate of drug-likeness (QED) is 0.631. The summed E-state index contributed by atoms with van der Waals surface area (Å²) in [4.78, 5) is 3.63. The molecule has 0 fully saturated rings. The van der Waals surface area contributed by atoms with E-state index in [1.54, 1.807) is 0 Å². The van der Waals surface area contributed by atoms with Gasteiger partial charge in [0, 0.05) is 0 Å². The normalized spacial score (nSPS) is 12.0. The Balaban J connectivity index is 3.43. The molecule has 6 heteroatoms. The minimum Gasteiger partial charge on any atom is -0.227 e. The molecule has 0 aliphatic carbocycles. The lowest BCUT2D eigenvalue weighted by atomic mass is 10.3. The highest BCUT2D eigenvalue weighted by Gasteiger charge is 2.27. The van der Waals surface area contributed by atoms with Crippen LogP contribution in [0.25, 0.3) is 0 Å². The van der Waals surface area contributed by atoms with Crippen molar-refractivity contribution < 1.29 is 8.78 Å². The van der Waals surface area contributed by atoms with Crippen molar-refractivity contribution in [2.75, 3.05) is 13.1 Å². The molecule has 0 aromatic carbocycles. The van der Waals surface area contributed by atoms with Gasteiger partial charge in [0.1, 0.15) is 0 Å². The van der Waals surface area contributed by atoms with Gasteiger partial charge in [0.25, 0.3) is 5.92 Å². The lowest BCUT2D eigenvalue weighted by Crippen LogP contribution is -2.36. The first-order chi connectivity index (χ1) is 4.12. The summed E-state index contributed by atoms with van der Waals surface area (Å²) in [7, 11) is 0. The zero-order chi connectivity index (χ0) is 7.33. The first-order valence-electron chi connectivity index (χ1n) is 2.17. The van der Waals surface area contributed by atoms with E-state index in [1.807, 2.05) is 9.67 Å². The Labute approximate surface area is 61.7 Å². The molecule has 0 aliphatic rings. The molecule has 56 valence electrons. The molecule has 0 rings (SSSR count). The average molecular weight is 179 g/mol. The maximum atomic E-state index is 12.1. The molecule has 0 atom stereocenters. The van der Waals surface area contributed by atoms with Gasteiger partial charge in [0.05, 0.1) is 13.1 Å². The lowest BCUT2D eigenvalue weighted by molar-refractivity contribution is 0.0136. The van der Waals surface area contributed by atoms with Crippen molar-refractivity contribution in [1.29, 1.82) is 0 Å². The van der Waals surface area contributed by atoms with E-state index in [4.69, 9.17) is 23.6 Å². The fraction of sp³-hybridized carbons (Fsp3) is 1.00. The molecule has 2 nitrogen and oxygen atoms in total. The van der Waals surface area contributed by atoms with E-state index in [-0.39, 0.29) is 0 Å². The van der Waals surface area contributed by atoms with Crippen molar-refractivity contribution in [3.05, 3.63) is 0 Å². The van der Waals surface area contributed by atoms with Crippen molar-refractivity contribution in [2.24, 2.45) is 0 Å². The molecule has 0 saturated carbocycles. The van der Waals surface area contributed by atoms with Crippen LogP contribution in [0.15, 0.2) is 0 Å². The van der Waals surface area contributed by atoms with E-state index in [9.17, 15) is 8.78 Å². The Hall–Kier alpha value is 0.360. The molecule has 2 N–H and O–H groups in total. The molecule has 0 aromatic rings. The number of halogens is 4. The predicted octanol–water partition coefficient (Wildman–Crippen LogP) is 1.11. The van der Waals surface area contributed by atoms with E-state index in [0.717, 1.165) is 0 Å². The summed E-state index contributed by atoms with van der Waals surface area (Å²) in [5, 5.41) is 0. The fourth-order valence-corrected chi connectivity index (χ4v) is 0.649. The zero-order valence-corrected chi connectivity index (χ0v) is 5.94. The van der Waals surface area contributed by atoms with Gasteiger partial charge in [-0.2, -0.15) is 0 Å². The first-order valence-corrected chi connectivity index (χ1v) is 2.93. The van der Waals surface area contributed by atoms with Crippen LogP contribution in [0, 0.1) is 0 Å². The third-order valence-corrected chi connectivity index (χ3v) is 0.918. The van der Waals surface area contributed by atoms with Gasteiger partial charge in [-0.05, 0) is 23.6 Å². The molecule has 0 aliphatic heterocycles. The highest BCUT2D eigenvalue weighted by molar-refractivity contribution is 6.13. The number of rotatable bonds is 4. The summed E-state index contributed by atoms with van der Waals surface area (Å²) in [5.41, 5.74) is 0. The smallest absolute Gasteiger partial charge is 0.227 e. The minimum absolute atomic E-state index is 0.589. The Morgan fingerprint density at radius 1 is 1.11 bits per heavy atom. The van der Waals surface area contributed by atoms with Gasteiger partial charge in [-0.1, -0.05) is 0 Å². The van der Waals surface area contributed by atoms with E-state index >= 15 is 0 Å². The molecule has 0 spiro atoms. The van der Waals surface area contributed by atoms with E-state index in [2.05, 4.69) is 0 Å². The zero-order valence-electron chi connectivity index (χ0n) is 4.43. The summed E-state index contributed by atoms with van der Waals surface area (Å²) in [5.74, 6) is -2.89. The van der Waals surface area contributed by atoms with Crippen LogP contribution < -0.4 is 9.67 Å². The molecular weight excluding hydrogens is 173 g/mol. The third kappa shape index (κ3) is 4.84. The van der Waals surface area contributed by atoms with E-state index in [0.29, 0.717) is 0 Å². The molecule has 9 heavy (non-hydrogen) atoms. The van der Waals surface area contributed by atoms with Crippen molar-refractivity contribution in [1.82, 2.24) is 9.67 Å². The average Bonchev–Trinajstić information content (AvgIpc) is 1.64. The van der Waals surface area contributed by atoms with Crippen molar-refractivity contribution in [3.8, 4) is 0 Å². The predicted molar refractivity (Wildman–Crippen MR) is 32.7 cm³/mol. The Morgan fingerprint density at radius 3 is 1.67 bits per heavy atom. The first kappa shape index (κ1) is 9.36. The molecule has 0 radical (unpaired) electrons. The largest absolute Gasteiger partial charge is 0.275 e. The number of hydrogen-bond acceptors (Lipinski definition) is 2. The van der Waals surface area contributed by atoms with Crippen LogP contribution in [0.3, 0.4) is 0 Å². The van der Waals surface area contributed by atoms with Crippen LogP contribution in [0.5, 0.6) is 0 Å². The summed E-state index contributed by atoms with van der Waals surface area (Å²) in [6.45, 7) is -1.18. The number of alkyl halides is 2. The van der Waals surface area contributed by atoms with Gasteiger partial charge in [0.2, 0.25) is 0 Å². The standard InChI is InChI=1S/C3H6Cl2F2N2/c4-8-1-3(6,7)2-9-5/h8-9H,1-2H2. The maximum absolute atomic E-state index is 12.1. The van der Waals surface area contributed by atoms with Gasteiger partial charge in [-0.3, -0.25) is 0 Å². The van der Waals surface area contributed by atoms with E-state index < -0.39 is 19.0 Å². The molecule has 0 bridgehead atoms. The SMILES string of the molecule is FC(F)(CNCl)CNCl. The maximum Gasteiger partial charge on any atom is 0.275 e.